The minimum atomic E-state index is -0.711. The molecule has 0 amide bonds. The number of aliphatic carboxylic acids is 1. The molecule has 0 bridgehead atoms. The van der Waals surface area contributed by atoms with Gasteiger partial charge in [-0.3, -0.25) is 4.79 Å². The fourth-order valence-electron chi connectivity index (χ4n) is 0.214. The van der Waals surface area contributed by atoms with Gasteiger partial charge in [-0.2, -0.15) is 0 Å². The van der Waals surface area contributed by atoms with Crippen LogP contribution in [-0.2, 0) is 4.79 Å². The maximum atomic E-state index is 9.60. The molecule has 1 N–H and O–H groups in total. The summed E-state index contributed by atoms with van der Waals surface area (Å²) in [5.74, 6) is -0.711. The summed E-state index contributed by atoms with van der Waals surface area (Å²) in [4.78, 5) is 9.60. The Morgan fingerprint density at radius 2 is 1.88 bits per heavy atom. The van der Waals surface area contributed by atoms with Crippen molar-refractivity contribution in [3.8, 4) is 0 Å². The lowest BCUT2D eigenvalue weighted by Gasteiger charge is -1.79. The molecule has 0 aromatic carbocycles. The van der Waals surface area contributed by atoms with E-state index >= 15 is 0 Å². The molecular formula is C4H10I2O2. The summed E-state index contributed by atoms with van der Waals surface area (Å²) in [5.41, 5.74) is 0. The first-order chi connectivity index (χ1) is 2.77. The molecule has 0 unspecified atom stereocenters. The van der Waals surface area contributed by atoms with Crippen molar-refractivity contribution < 1.29 is 9.90 Å². The number of carboxylic acid groups (broad SMARTS) is 1. The maximum absolute atomic E-state index is 9.60. The summed E-state index contributed by atoms with van der Waals surface area (Å²) in [6.45, 7) is 1.84. The lowest BCUT2D eigenvalue weighted by atomic mass is 10.4. The molecule has 52 valence electrons. The Morgan fingerprint density at radius 1 is 1.50 bits per heavy atom. The van der Waals surface area contributed by atoms with Gasteiger partial charge >= 0.3 is 5.97 Å². The van der Waals surface area contributed by atoms with Crippen molar-refractivity contribution >= 4 is 53.9 Å². The SMILES string of the molecule is CCCC(=O)O.I.I. The van der Waals surface area contributed by atoms with Gasteiger partial charge in [-0.05, 0) is 6.42 Å². The van der Waals surface area contributed by atoms with E-state index in [1.165, 1.54) is 0 Å². The normalized spacial score (nSPS) is 6.12. The van der Waals surface area contributed by atoms with Crippen molar-refractivity contribution in [2.45, 2.75) is 19.8 Å². The number of rotatable bonds is 2. The van der Waals surface area contributed by atoms with E-state index in [-0.39, 0.29) is 48.0 Å². The quantitative estimate of drug-likeness (QED) is 0.780. The van der Waals surface area contributed by atoms with Crippen LogP contribution in [0, 0.1) is 0 Å². The van der Waals surface area contributed by atoms with Crippen LogP contribution < -0.4 is 0 Å². The predicted octanol–water partition coefficient (Wildman–Crippen LogP) is 2.11. The van der Waals surface area contributed by atoms with Gasteiger partial charge in [0.1, 0.15) is 0 Å². The van der Waals surface area contributed by atoms with E-state index < -0.39 is 5.97 Å². The first-order valence-corrected chi connectivity index (χ1v) is 1.99. The average Bonchev–Trinajstić information content (AvgIpc) is 1.35. The molecule has 4 heteroatoms. The molecule has 0 aliphatic heterocycles. The summed E-state index contributed by atoms with van der Waals surface area (Å²) in [6, 6.07) is 0. The summed E-state index contributed by atoms with van der Waals surface area (Å²) in [7, 11) is 0. The van der Waals surface area contributed by atoms with Gasteiger partial charge in [0.25, 0.3) is 0 Å². The smallest absolute Gasteiger partial charge is 0.303 e. The Kier molecular flexibility index (Phi) is 21.6. The third kappa shape index (κ3) is 15.8. The highest BCUT2D eigenvalue weighted by atomic mass is 127. The Bertz CT molecular complexity index is 56.0. The van der Waals surface area contributed by atoms with Crippen LogP contribution in [0.25, 0.3) is 0 Å². The Hall–Kier alpha value is 0.930. The van der Waals surface area contributed by atoms with Gasteiger partial charge in [0, 0.05) is 6.42 Å². The molecule has 0 aliphatic rings. The average molecular weight is 344 g/mol. The van der Waals surface area contributed by atoms with Gasteiger partial charge in [0.15, 0.2) is 0 Å². The molecule has 0 saturated heterocycles. The molecule has 0 atom stereocenters. The molecule has 0 aliphatic carbocycles. The summed E-state index contributed by atoms with van der Waals surface area (Å²) in [5, 5.41) is 7.91. The molecule has 8 heavy (non-hydrogen) atoms. The Labute approximate surface area is 83.1 Å². The first-order valence-electron chi connectivity index (χ1n) is 1.99. The highest BCUT2D eigenvalue weighted by Gasteiger charge is 1.87. The monoisotopic (exact) mass is 344 g/mol. The molecule has 0 saturated carbocycles. The van der Waals surface area contributed by atoms with Crippen LogP contribution in [0.15, 0.2) is 0 Å². The number of carbonyl (C=O) groups is 1. The van der Waals surface area contributed by atoms with Crippen molar-refractivity contribution in [3.63, 3.8) is 0 Å². The summed E-state index contributed by atoms with van der Waals surface area (Å²) in [6.07, 6.45) is 1.02. The second-order valence-corrected chi connectivity index (χ2v) is 1.14. The number of halogens is 2. The van der Waals surface area contributed by atoms with Crippen LogP contribution in [-0.4, -0.2) is 11.1 Å². The van der Waals surface area contributed by atoms with E-state index in [2.05, 4.69) is 0 Å². The topological polar surface area (TPSA) is 37.3 Å². The molecule has 0 aromatic heterocycles. The first kappa shape index (κ1) is 16.0. The standard InChI is InChI=1S/C4H8O2.2HI/c1-2-3-4(5)6;;/h2-3H2,1H3,(H,5,6);2*1H. The fourth-order valence-corrected chi connectivity index (χ4v) is 0.214. The molecule has 0 aromatic rings. The minimum Gasteiger partial charge on any atom is -0.481 e. The van der Waals surface area contributed by atoms with Gasteiger partial charge in [-0.1, -0.05) is 6.92 Å². The highest BCUT2D eigenvalue weighted by Crippen LogP contribution is 1.82. The van der Waals surface area contributed by atoms with E-state index in [9.17, 15) is 4.79 Å². The van der Waals surface area contributed by atoms with E-state index in [1.807, 2.05) is 6.92 Å². The van der Waals surface area contributed by atoms with Crippen LogP contribution in [0.3, 0.4) is 0 Å². The lowest BCUT2D eigenvalue weighted by Crippen LogP contribution is -1.90. The maximum Gasteiger partial charge on any atom is 0.303 e. The Morgan fingerprint density at radius 3 is 1.88 bits per heavy atom. The van der Waals surface area contributed by atoms with Gasteiger partial charge in [-0.15, -0.1) is 48.0 Å². The van der Waals surface area contributed by atoms with Crippen LogP contribution in [0.1, 0.15) is 19.8 Å². The van der Waals surface area contributed by atoms with E-state index in [0.717, 1.165) is 6.42 Å². The van der Waals surface area contributed by atoms with E-state index in [1.54, 1.807) is 0 Å². The predicted molar refractivity (Wildman–Crippen MR) is 53.4 cm³/mol. The van der Waals surface area contributed by atoms with Crippen LogP contribution in [0.4, 0.5) is 0 Å². The number of carboxylic acids is 1. The molecule has 2 nitrogen and oxygen atoms in total. The van der Waals surface area contributed by atoms with Gasteiger partial charge in [-0.25, -0.2) is 0 Å². The minimum absolute atomic E-state index is 0. The van der Waals surface area contributed by atoms with Crippen molar-refractivity contribution in [1.82, 2.24) is 0 Å². The fraction of sp³-hybridized carbons (Fsp3) is 0.750. The third-order valence-electron chi connectivity index (χ3n) is 0.464. The zero-order chi connectivity index (χ0) is 4.99. The van der Waals surface area contributed by atoms with Crippen molar-refractivity contribution in [1.29, 1.82) is 0 Å². The van der Waals surface area contributed by atoms with Gasteiger partial charge in [0.05, 0.1) is 0 Å². The molecule has 0 radical (unpaired) electrons. The summed E-state index contributed by atoms with van der Waals surface area (Å²) >= 11 is 0. The molecule has 0 spiro atoms. The van der Waals surface area contributed by atoms with Crippen LogP contribution >= 0.6 is 48.0 Å². The van der Waals surface area contributed by atoms with Crippen molar-refractivity contribution in [2.75, 3.05) is 0 Å². The highest BCUT2D eigenvalue weighted by molar-refractivity contribution is 14.0. The molecule has 0 rings (SSSR count). The van der Waals surface area contributed by atoms with Crippen LogP contribution in [0.5, 0.6) is 0 Å². The largest absolute Gasteiger partial charge is 0.481 e. The molecule has 0 fully saturated rings. The number of hydrogen-bond donors (Lipinski definition) is 1. The molecular weight excluding hydrogens is 334 g/mol. The van der Waals surface area contributed by atoms with Crippen molar-refractivity contribution in [2.24, 2.45) is 0 Å². The van der Waals surface area contributed by atoms with E-state index in [0.29, 0.717) is 6.42 Å². The second-order valence-electron chi connectivity index (χ2n) is 1.14. The lowest BCUT2D eigenvalue weighted by molar-refractivity contribution is -0.137. The Balaban J connectivity index is -0.000000125. The van der Waals surface area contributed by atoms with E-state index in [4.69, 9.17) is 5.11 Å². The number of hydrogen-bond acceptors (Lipinski definition) is 1. The van der Waals surface area contributed by atoms with Crippen LogP contribution in [0.2, 0.25) is 0 Å². The zero-order valence-corrected chi connectivity index (χ0v) is 9.25. The van der Waals surface area contributed by atoms with Gasteiger partial charge in [0.2, 0.25) is 0 Å². The van der Waals surface area contributed by atoms with Gasteiger partial charge < -0.3 is 5.11 Å². The summed E-state index contributed by atoms with van der Waals surface area (Å²) < 4.78 is 0. The third-order valence-corrected chi connectivity index (χ3v) is 0.464. The molecule has 0 heterocycles. The van der Waals surface area contributed by atoms with Crippen molar-refractivity contribution in [3.05, 3.63) is 0 Å². The second kappa shape index (κ2) is 10.8. The zero-order valence-electron chi connectivity index (χ0n) is 4.59.